The smallest absolute Gasteiger partial charge is 0.336 e. The second-order valence-corrected chi connectivity index (χ2v) is 9.19. The maximum atomic E-state index is 13.4. The van der Waals surface area contributed by atoms with E-state index in [-0.39, 0.29) is 21.8 Å². The molecule has 0 atom stereocenters. The molecule has 0 saturated carbocycles. The molecule has 0 unspecified atom stereocenters. The van der Waals surface area contributed by atoms with E-state index in [4.69, 9.17) is 0 Å². The monoisotopic (exact) mass is 422 g/mol. The third-order valence-electron chi connectivity index (χ3n) is 5.06. The minimum atomic E-state index is -3.61. The van der Waals surface area contributed by atoms with Gasteiger partial charge in [0, 0.05) is 47.7 Å². The molecule has 0 aliphatic rings. The Morgan fingerprint density at radius 2 is 1.60 bits per heavy atom. The number of sulfonamides is 1. The summed E-state index contributed by atoms with van der Waals surface area (Å²) >= 11 is 0. The molecule has 2 N–H and O–H groups in total. The summed E-state index contributed by atoms with van der Waals surface area (Å²) in [6, 6.07) is 14.4. The molecule has 4 aromatic rings. The largest absolute Gasteiger partial charge is 0.478 e. The summed E-state index contributed by atoms with van der Waals surface area (Å²) in [6.45, 7) is 0. The lowest BCUT2D eigenvalue weighted by molar-refractivity contribution is 0.0699. The Kier molecular flexibility index (Phi) is 4.68. The molecule has 0 radical (unpaired) electrons. The van der Waals surface area contributed by atoms with Gasteiger partial charge in [0.2, 0.25) is 10.0 Å². The fourth-order valence-electron chi connectivity index (χ4n) is 3.52. The Bertz CT molecular complexity index is 1430. The van der Waals surface area contributed by atoms with Gasteiger partial charge in [-0.2, -0.15) is 0 Å². The van der Waals surface area contributed by atoms with Crippen LogP contribution >= 0.6 is 0 Å². The van der Waals surface area contributed by atoms with Crippen LogP contribution in [0.2, 0.25) is 0 Å². The van der Waals surface area contributed by atoms with E-state index in [9.17, 15) is 23.1 Å². The van der Waals surface area contributed by atoms with Gasteiger partial charge in [-0.15, -0.1) is 0 Å². The summed E-state index contributed by atoms with van der Waals surface area (Å²) in [6.07, 6.45) is 1.52. The number of carbonyl (C=O) groups excluding carboxylic acids is 1. The molecule has 0 amide bonds. The molecule has 0 aliphatic carbocycles. The Labute approximate surface area is 172 Å². The van der Waals surface area contributed by atoms with Gasteiger partial charge in [-0.1, -0.05) is 36.4 Å². The van der Waals surface area contributed by atoms with Crippen LogP contribution in [0, 0.1) is 0 Å². The first-order valence-electron chi connectivity index (χ1n) is 9.05. The molecule has 4 rings (SSSR count). The number of carboxylic acids is 1. The molecule has 0 spiro atoms. The van der Waals surface area contributed by atoms with E-state index in [1.54, 1.807) is 36.4 Å². The van der Waals surface area contributed by atoms with Crippen molar-refractivity contribution in [3.8, 4) is 0 Å². The predicted octanol–water partition coefficient (Wildman–Crippen LogP) is 3.50. The molecule has 0 aliphatic heterocycles. The van der Waals surface area contributed by atoms with Gasteiger partial charge in [0.05, 0.1) is 10.5 Å². The highest BCUT2D eigenvalue weighted by molar-refractivity contribution is 7.89. The molecule has 152 valence electrons. The number of rotatable bonds is 5. The summed E-state index contributed by atoms with van der Waals surface area (Å²) in [7, 11) is -0.716. The summed E-state index contributed by atoms with van der Waals surface area (Å²) in [5.74, 6) is -1.46. The number of aromatic amines is 1. The molecule has 0 bridgehead atoms. The molecule has 7 nitrogen and oxygen atoms in total. The Balaban J connectivity index is 1.89. The van der Waals surface area contributed by atoms with Gasteiger partial charge in [-0.05, 0) is 23.6 Å². The standard InChI is InChI=1S/C22H18N2O5S/c1-24(2)30(28,29)14-9-10-15-18(12-23-19(15)11-14)21(25)16-7-3-5-13-6-4-8-17(20(13)16)22(26)27/h3-12,23H,1-2H3,(H,26,27). The number of carboxylic acid groups (broad SMARTS) is 1. The first kappa shape index (κ1) is 19.8. The van der Waals surface area contributed by atoms with Crippen molar-refractivity contribution in [3.63, 3.8) is 0 Å². The number of carbonyl (C=O) groups is 2. The van der Waals surface area contributed by atoms with E-state index in [1.807, 2.05) is 0 Å². The van der Waals surface area contributed by atoms with Crippen molar-refractivity contribution in [3.05, 3.63) is 77.5 Å². The first-order chi connectivity index (χ1) is 14.2. The minimum absolute atomic E-state index is 0.0515. The Morgan fingerprint density at radius 1 is 0.933 bits per heavy atom. The van der Waals surface area contributed by atoms with Crippen molar-refractivity contribution < 1.29 is 23.1 Å². The molecule has 1 aromatic heterocycles. The first-order valence-corrected chi connectivity index (χ1v) is 10.5. The number of benzene rings is 3. The van der Waals surface area contributed by atoms with Gasteiger partial charge >= 0.3 is 5.97 Å². The van der Waals surface area contributed by atoms with Gasteiger partial charge in [0.25, 0.3) is 0 Å². The normalized spacial score (nSPS) is 12.0. The van der Waals surface area contributed by atoms with Gasteiger partial charge in [0.15, 0.2) is 5.78 Å². The highest BCUT2D eigenvalue weighted by atomic mass is 32.2. The van der Waals surface area contributed by atoms with E-state index >= 15 is 0 Å². The third kappa shape index (κ3) is 3.06. The SMILES string of the molecule is CN(C)S(=O)(=O)c1ccc2c(C(=O)c3cccc4cccc(C(=O)O)c34)c[nH]c2c1. The summed E-state index contributed by atoms with van der Waals surface area (Å²) < 4.78 is 25.9. The average Bonchev–Trinajstić information content (AvgIpc) is 3.15. The van der Waals surface area contributed by atoms with Crippen molar-refractivity contribution in [1.29, 1.82) is 0 Å². The highest BCUT2D eigenvalue weighted by Crippen LogP contribution is 2.29. The third-order valence-corrected chi connectivity index (χ3v) is 6.87. The quantitative estimate of drug-likeness (QED) is 0.479. The predicted molar refractivity (Wildman–Crippen MR) is 114 cm³/mol. The fourth-order valence-corrected chi connectivity index (χ4v) is 4.45. The number of hydrogen-bond acceptors (Lipinski definition) is 4. The summed E-state index contributed by atoms with van der Waals surface area (Å²) in [5.41, 5.74) is 1.17. The van der Waals surface area contributed by atoms with Crippen LogP contribution < -0.4 is 0 Å². The van der Waals surface area contributed by atoms with Crippen molar-refractivity contribution in [2.24, 2.45) is 0 Å². The van der Waals surface area contributed by atoms with Gasteiger partial charge in [-0.25, -0.2) is 17.5 Å². The molecule has 8 heteroatoms. The molecule has 3 aromatic carbocycles. The lowest BCUT2D eigenvalue weighted by atomic mass is 9.94. The van der Waals surface area contributed by atoms with E-state index < -0.39 is 16.0 Å². The molecule has 0 fully saturated rings. The number of hydrogen-bond donors (Lipinski definition) is 2. The molecule has 0 saturated heterocycles. The van der Waals surface area contributed by atoms with Crippen LogP contribution in [0.4, 0.5) is 0 Å². The number of H-pyrrole nitrogens is 1. The van der Waals surface area contributed by atoms with E-state index in [0.717, 1.165) is 4.31 Å². The number of nitrogens with zero attached hydrogens (tertiary/aromatic N) is 1. The number of nitrogens with one attached hydrogen (secondary N) is 1. The second-order valence-electron chi connectivity index (χ2n) is 7.04. The van der Waals surface area contributed by atoms with Crippen LogP contribution in [-0.2, 0) is 10.0 Å². The van der Waals surface area contributed by atoms with Crippen LogP contribution in [-0.4, -0.2) is 48.7 Å². The topological polar surface area (TPSA) is 108 Å². The van der Waals surface area contributed by atoms with Gasteiger partial charge in [-0.3, -0.25) is 4.79 Å². The van der Waals surface area contributed by atoms with Gasteiger partial charge < -0.3 is 10.1 Å². The maximum absolute atomic E-state index is 13.4. The van der Waals surface area contributed by atoms with E-state index in [0.29, 0.717) is 27.2 Å². The van der Waals surface area contributed by atoms with Crippen molar-refractivity contribution in [2.45, 2.75) is 4.90 Å². The molecular weight excluding hydrogens is 404 g/mol. The van der Waals surface area contributed by atoms with Crippen LogP contribution in [0.25, 0.3) is 21.7 Å². The number of aromatic nitrogens is 1. The number of fused-ring (bicyclic) bond motifs is 2. The summed E-state index contributed by atoms with van der Waals surface area (Å²) in [5, 5.41) is 11.1. The Hall–Kier alpha value is -3.49. The average molecular weight is 422 g/mol. The van der Waals surface area contributed by atoms with Crippen molar-refractivity contribution in [2.75, 3.05) is 14.1 Å². The summed E-state index contributed by atoms with van der Waals surface area (Å²) in [4.78, 5) is 28.1. The molecule has 30 heavy (non-hydrogen) atoms. The zero-order valence-corrected chi connectivity index (χ0v) is 17.0. The molecular formula is C22H18N2O5S. The van der Waals surface area contributed by atoms with E-state index in [2.05, 4.69) is 4.98 Å². The lowest BCUT2D eigenvalue weighted by Crippen LogP contribution is -2.22. The van der Waals surface area contributed by atoms with Crippen LogP contribution in [0.15, 0.2) is 65.7 Å². The highest BCUT2D eigenvalue weighted by Gasteiger charge is 2.22. The van der Waals surface area contributed by atoms with Crippen LogP contribution in [0.3, 0.4) is 0 Å². The minimum Gasteiger partial charge on any atom is -0.478 e. The number of ketones is 1. The van der Waals surface area contributed by atoms with Crippen LogP contribution in [0.1, 0.15) is 26.3 Å². The van der Waals surface area contributed by atoms with Crippen LogP contribution in [0.5, 0.6) is 0 Å². The second kappa shape index (κ2) is 7.08. The van der Waals surface area contributed by atoms with Crippen molar-refractivity contribution in [1.82, 2.24) is 9.29 Å². The zero-order chi connectivity index (χ0) is 21.6. The zero-order valence-electron chi connectivity index (χ0n) is 16.2. The molecule has 1 heterocycles. The van der Waals surface area contributed by atoms with E-state index in [1.165, 1.54) is 38.5 Å². The van der Waals surface area contributed by atoms with Crippen molar-refractivity contribution >= 4 is 43.5 Å². The maximum Gasteiger partial charge on any atom is 0.336 e. The van der Waals surface area contributed by atoms with Gasteiger partial charge in [0.1, 0.15) is 0 Å². The number of aromatic carboxylic acids is 1. The lowest BCUT2D eigenvalue weighted by Gasteiger charge is -2.11. The fraction of sp³-hybridized carbons (Fsp3) is 0.0909. The Morgan fingerprint density at radius 3 is 2.23 bits per heavy atom.